The van der Waals surface area contributed by atoms with Gasteiger partial charge in [-0.3, -0.25) is 14.4 Å². The Morgan fingerprint density at radius 1 is 0.357 bits per heavy atom. The average Bonchev–Trinajstić information content (AvgIpc) is 3.19. The summed E-state index contributed by atoms with van der Waals surface area (Å²) in [7, 11) is 0. The molecule has 56 heavy (non-hydrogen) atoms. The van der Waals surface area contributed by atoms with Gasteiger partial charge in [-0.05, 0) is 103 Å². The lowest BCUT2D eigenvalue weighted by Gasteiger charge is -2.18. The second kappa shape index (κ2) is 44.3. The second-order valence-electron chi connectivity index (χ2n) is 14.5. The summed E-state index contributed by atoms with van der Waals surface area (Å²) < 4.78 is 16.7. The fraction of sp³-hybridized carbons (Fsp3) is 0.660. The first kappa shape index (κ1) is 52.6. The molecule has 0 radical (unpaired) electrons. The van der Waals surface area contributed by atoms with Crippen molar-refractivity contribution in [3.63, 3.8) is 0 Å². The van der Waals surface area contributed by atoms with Crippen LogP contribution in [-0.2, 0) is 28.6 Å². The summed E-state index contributed by atoms with van der Waals surface area (Å²) in [5.41, 5.74) is 0. The molecule has 318 valence electrons. The molecule has 0 aromatic carbocycles. The molecule has 0 aliphatic heterocycles. The van der Waals surface area contributed by atoms with Gasteiger partial charge >= 0.3 is 17.9 Å². The topological polar surface area (TPSA) is 78.9 Å². The van der Waals surface area contributed by atoms with E-state index in [1.807, 2.05) is 0 Å². The summed E-state index contributed by atoms with van der Waals surface area (Å²) in [4.78, 5) is 37.7. The molecule has 0 saturated heterocycles. The van der Waals surface area contributed by atoms with E-state index in [0.717, 1.165) is 154 Å². The van der Waals surface area contributed by atoms with Crippen molar-refractivity contribution in [1.82, 2.24) is 0 Å². The van der Waals surface area contributed by atoms with E-state index in [9.17, 15) is 14.4 Å². The van der Waals surface area contributed by atoms with Crippen molar-refractivity contribution in [2.24, 2.45) is 0 Å². The Morgan fingerprint density at radius 3 is 1.00 bits per heavy atom. The zero-order chi connectivity index (χ0) is 40.8. The summed E-state index contributed by atoms with van der Waals surface area (Å²) in [5, 5.41) is 0. The summed E-state index contributed by atoms with van der Waals surface area (Å²) >= 11 is 0. The van der Waals surface area contributed by atoms with Gasteiger partial charge in [-0.15, -0.1) is 0 Å². The monoisotopic (exact) mass is 779 g/mol. The van der Waals surface area contributed by atoms with E-state index < -0.39 is 6.10 Å². The number of carbonyl (C=O) groups excluding carboxylic acids is 3. The molecule has 0 aromatic heterocycles. The van der Waals surface area contributed by atoms with Crippen LogP contribution in [0.1, 0.15) is 194 Å². The molecule has 0 amide bonds. The Labute approximate surface area is 344 Å². The Hall–Kier alpha value is -3.41. The number of hydrogen-bond donors (Lipinski definition) is 0. The molecule has 0 spiro atoms. The van der Waals surface area contributed by atoms with Gasteiger partial charge in [-0.25, -0.2) is 0 Å². The van der Waals surface area contributed by atoms with Gasteiger partial charge in [0.25, 0.3) is 0 Å². The van der Waals surface area contributed by atoms with Crippen molar-refractivity contribution in [1.29, 1.82) is 0 Å². The highest BCUT2D eigenvalue weighted by atomic mass is 16.6. The van der Waals surface area contributed by atoms with Gasteiger partial charge in [-0.1, -0.05) is 157 Å². The first-order valence-electron chi connectivity index (χ1n) is 22.6. The van der Waals surface area contributed by atoms with Crippen molar-refractivity contribution in [3.8, 4) is 0 Å². The van der Waals surface area contributed by atoms with Crippen molar-refractivity contribution < 1.29 is 28.6 Å². The van der Waals surface area contributed by atoms with Gasteiger partial charge < -0.3 is 14.2 Å². The van der Waals surface area contributed by atoms with E-state index in [2.05, 4.69) is 106 Å². The fourth-order valence-corrected chi connectivity index (χ4v) is 5.82. The van der Waals surface area contributed by atoms with Crippen LogP contribution in [-0.4, -0.2) is 37.2 Å². The smallest absolute Gasteiger partial charge is 0.306 e. The second-order valence-corrected chi connectivity index (χ2v) is 14.5. The zero-order valence-electron chi connectivity index (χ0n) is 36.1. The van der Waals surface area contributed by atoms with Crippen LogP contribution in [0.3, 0.4) is 0 Å². The Morgan fingerprint density at radius 2 is 0.643 bits per heavy atom. The third-order valence-corrected chi connectivity index (χ3v) is 9.13. The number of esters is 3. The molecule has 1 unspecified atom stereocenters. The minimum absolute atomic E-state index is 0.0986. The third-order valence-electron chi connectivity index (χ3n) is 9.13. The molecule has 1 atom stereocenters. The van der Waals surface area contributed by atoms with Gasteiger partial charge in [0.05, 0.1) is 0 Å². The number of allylic oxidation sites excluding steroid dienone is 14. The first-order valence-corrected chi connectivity index (χ1v) is 22.6. The predicted octanol–water partition coefficient (Wildman–Crippen LogP) is 14.5. The maximum absolute atomic E-state index is 12.7. The fourth-order valence-electron chi connectivity index (χ4n) is 5.82. The Bertz CT molecular complexity index is 1120. The van der Waals surface area contributed by atoms with E-state index in [0.29, 0.717) is 19.3 Å². The largest absolute Gasteiger partial charge is 0.462 e. The molecule has 6 heteroatoms. The molecule has 0 aliphatic carbocycles. The van der Waals surface area contributed by atoms with Gasteiger partial charge in [0.15, 0.2) is 6.10 Å². The molecular formula is C50H82O6. The molecule has 0 fully saturated rings. The van der Waals surface area contributed by atoms with Crippen LogP contribution in [0, 0.1) is 0 Å². The molecule has 0 rings (SSSR count). The molecule has 0 saturated carbocycles. The van der Waals surface area contributed by atoms with E-state index in [4.69, 9.17) is 14.2 Å². The lowest BCUT2D eigenvalue weighted by atomic mass is 10.1. The van der Waals surface area contributed by atoms with E-state index in [-0.39, 0.29) is 31.1 Å². The van der Waals surface area contributed by atoms with Gasteiger partial charge in [0.1, 0.15) is 13.2 Å². The lowest BCUT2D eigenvalue weighted by molar-refractivity contribution is -0.167. The maximum Gasteiger partial charge on any atom is 0.306 e. The lowest BCUT2D eigenvalue weighted by Crippen LogP contribution is -2.30. The highest BCUT2D eigenvalue weighted by Crippen LogP contribution is 2.12. The number of hydrogen-bond acceptors (Lipinski definition) is 6. The van der Waals surface area contributed by atoms with Crippen molar-refractivity contribution in [2.75, 3.05) is 13.2 Å². The van der Waals surface area contributed by atoms with Crippen LogP contribution in [0.5, 0.6) is 0 Å². The van der Waals surface area contributed by atoms with Gasteiger partial charge in [-0.2, -0.15) is 0 Å². The SMILES string of the molecule is CC/C=C\C/C=C\C/C=C\CCCCCCC(=O)OCC(COC(=O)CCCCCCC/C=C\C/C=C\CC)OC(=O)CCCCCCC/C=C\C/C=C\CC. The number of carbonyl (C=O) groups is 3. The van der Waals surface area contributed by atoms with Crippen molar-refractivity contribution in [2.45, 2.75) is 200 Å². The summed E-state index contributed by atoms with van der Waals surface area (Å²) in [6.07, 6.45) is 55.7. The standard InChI is InChI=1S/C50H82O6/c1-4-7-10-13-16-19-22-25-26-29-31-34-37-40-43-49(52)55-46-47(56-50(53)44-41-38-35-32-28-24-21-18-15-12-9-6-3)45-54-48(51)42-39-36-33-30-27-23-20-17-14-11-8-5-2/h7-12,16-21,25-26,47H,4-6,13-15,22-24,27-46H2,1-3H3/b10-7-,11-8-,12-9-,19-16-,20-17-,21-18-,26-25-. The van der Waals surface area contributed by atoms with Crippen LogP contribution in [0.4, 0.5) is 0 Å². The van der Waals surface area contributed by atoms with Crippen LogP contribution >= 0.6 is 0 Å². The minimum Gasteiger partial charge on any atom is -0.462 e. The van der Waals surface area contributed by atoms with Crippen molar-refractivity contribution in [3.05, 3.63) is 85.1 Å². The molecule has 0 heterocycles. The van der Waals surface area contributed by atoms with Crippen LogP contribution in [0.15, 0.2) is 85.1 Å². The van der Waals surface area contributed by atoms with E-state index >= 15 is 0 Å². The Balaban J connectivity index is 4.47. The zero-order valence-corrected chi connectivity index (χ0v) is 36.1. The highest BCUT2D eigenvalue weighted by Gasteiger charge is 2.19. The quantitative estimate of drug-likeness (QED) is 0.0268. The normalized spacial score (nSPS) is 12.8. The maximum atomic E-state index is 12.7. The molecule has 0 bridgehead atoms. The minimum atomic E-state index is -0.797. The molecule has 0 aliphatic rings. The van der Waals surface area contributed by atoms with Crippen LogP contribution in [0.2, 0.25) is 0 Å². The molecule has 6 nitrogen and oxygen atoms in total. The predicted molar refractivity (Wildman–Crippen MR) is 237 cm³/mol. The average molecular weight is 779 g/mol. The van der Waals surface area contributed by atoms with Crippen LogP contribution < -0.4 is 0 Å². The van der Waals surface area contributed by atoms with E-state index in [1.165, 1.54) is 0 Å². The van der Waals surface area contributed by atoms with Crippen molar-refractivity contribution >= 4 is 17.9 Å². The summed E-state index contributed by atoms with van der Waals surface area (Å²) in [6, 6.07) is 0. The van der Waals surface area contributed by atoms with Gasteiger partial charge in [0.2, 0.25) is 0 Å². The number of unbranched alkanes of at least 4 members (excludes halogenated alkanes) is 14. The number of ether oxygens (including phenoxy) is 3. The molecule has 0 N–H and O–H groups in total. The third kappa shape index (κ3) is 41.7. The van der Waals surface area contributed by atoms with E-state index in [1.54, 1.807) is 0 Å². The summed E-state index contributed by atoms with van der Waals surface area (Å²) in [6.45, 7) is 6.23. The summed E-state index contributed by atoms with van der Waals surface area (Å²) in [5.74, 6) is -0.959. The van der Waals surface area contributed by atoms with Crippen LogP contribution in [0.25, 0.3) is 0 Å². The Kier molecular flexibility index (Phi) is 41.6. The highest BCUT2D eigenvalue weighted by molar-refractivity contribution is 5.71. The molecular weight excluding hydrogens is 697 g/mol. The van der Waals surface area contributed by atoms with Gasteiger partial charge in [0, 0.05) is 19.3 Å². The first-order chi connectivity index (χ1) is 27.5. The number of rotatable bonds is 39. The molecule has 0 aromatic rings.